The van der Waals surface area contributed by atoms with Crippen LogP contribution in [0.15, 0.2) is 0 Å². The summed E-state index contributed by atoms with van der Waals surface area (Å²) in [6.07, 6.45) is 4.65. The van der Waals surface area contributed by atoms with Gasteiger partial charge in [0.2, 0.25) is 0 Å². The highest BCUT2D eigenvalue weighted by Gasteiger charge is 2.34. The van der Waals surface area contributed by atoms with E-state index in [0.717, 1.165) is 18.9 Å². The van der Waals surface area contributed by atoms with Gasteiger partial charge in [0.25, 0.3) is 0 Å². The molecule has 100 valence electrons. The molecule has 0 radical (unpaired) electrons. The molecule has 0 heterocycles. The Kier molecular flexibility index (Phi) is 5.92. The van der Waals surface area contributed by atoms with Crippen LogP contribution in [0.2, 0.25) is 0 Å². The lowest BCUT2D eigenvalue weighted by atomic mass is 9.90. The maximum absolute atomic E-state index is 11.3. The second kappa shape index (κ2) is 6.97. The van der Waals surface area contributed by atoms with Gasteiger partial charge in [-0.3, -0.25) is 4.79 Å². The van der Waals surface area contributed by atoms with Gasteiger partial charge >= 0.3 is 5.97 Å². The Morgan fingerprint density at radius 3 is 2.65 bits per heavy atom. The predicted molar refractivity (Wildman–Crippen MR) is 67.1 cm³/mol. The molecular formula is C13H25NO3. The van der Waals surface area contributed by atoms with Gasteiger partial charge in [-0.25, -0.2) is 0 Å². The van der Waals surface area contributed by atoms with Crippen LogP contribution in [0, 0.1) is 5.92 Å². The molecule has 1 unspecified atom stereocenters. The first-order chi connectivity index (χ1) is 8.14. The molecule has 1 fully saturated rings. The standard InChI is InChI=1S/C13H25NO3/c1-3-13(12(15)16,14-4-2)8-5-9-17-10-11-6-7-11/h11,14H,3-10H2,1-2H3,(H,15,16). The fourth-order valence-corrected chi connectivity index (χ4v) is 2.07. The molecule has 1 aliphatic carbocycles. The summed E-state index contributed by atoms with van der Waals surface area (Å²) in [5.74, 6) is 0.0308. The Morgan fingerprint density at radius 2 is 2.18 bits per heavy atom. The highest BCUT2D eigenvalue weighted by molar-refractivity contribution is 5.78. The van der Waals surface area contributed by atoms with Gasteiger partial charge in [0, 0.05) is 13.2 Å². The first-order valence-electron chi connectivity index (χ1n) is 6.70. The maximum atomic E-state index is 11.3. The minimum Gasteiger partial charge on any atom is -0.480 e. The highest BCUT2D eigenvalue weighted by Crippen LogP contribution is 2.29. The molecule has 1 rings (SSSR count). The average Bonchev–Trinajstić information content (AvgIpc) is 3.10. The molecule has 0 saturated heterocycles. The Balaban J connectivity index is 2.23. The van der Waals surface area contributed by atoms with Crippen LogP contribution in [-0.4, -0.2) is 36.4 Å². The van der Waals surface area contributed by atoms with Crippen molar-refractivity contribution in [3.05, 3.63) is 0 Å². The van der Waals surface area contributed by atoms with E-state index in [4.69, 9.17) is 4.74 Å². The van der Waals surface area contributed by atoms with E-state index in [-0.39, 0.29) is 0 Å². The molecule has 17 heavy (non-hydrogen) atoms. The molecule has 0 aromatic rings. The second-order valence-corrected chi connectivity index (χ2v) is 4.89. The van der Waals surface area contributed by atoms with Gasteiger partial charge in [0.15, 0.2) is 0 Å². The van der Waals surface area contributed by atoms with Crippen molar-refractivity contribution in [1.29, 1.82) is 0 Å². The molecule has 1 saturated carbocycles. The van der Waals surface area contributed by atoms with Crippen LogP contribution >= 0.6 is 0 Å². The van der Waals surface area contributed by atoms with Crippen LogP contribution in [0.25, 0.3) is 0 Å². The summed E-state index contributed by atoms with van der Waals surface area (Å²) in [5, 5.41) is 12.4. The molecule has 0 aromatic heterocycles. The van der Waals surface area contributed by atoms with Gasteiger partial charge < -0.3 is 15.2 Å². The Bertz CT molecular complexity index is 241. The fraction of sp³-hybridized carbons (Fsp3) is 0.923. The molecule has 0 amide bonds. The van der Waals surface area contributed by atoms with Crippen LogP contribution in [0.1, 0.15) is 46.0 Å². The van der Waals surface area contributed by atoms with E-state index in [9.17, 15) is 9.90 Å². The summed E-state index contributed by atoms with van der Waals surface area (Å²) in [7, 11) is 0. The first-order valence-corrected chi connectivity index (χ1v) is 6.70. The summed E-state index contributed by atoms with van der Waals surface area (Å²) in [6, 6.07) is 0. The third kappa shape index (κ3) is 4.64. The third-order valence-corrected chi connectivity index (χ3v) is 3.47. The Hall–Kier alpha value is -0.610. The molecular weight excluding hydrogens is 218 g/mol. The summed E-state index contributed by atoms with van der Waals surface area (Å²) in [4.78, 5) is 11.3. The van der Waals surface area contributed by atoms with Gasteiger partial charge in [-0.2, -0.15) is 0 Å². The minimum atomic E-state index is -0.766. The molecule has 0 spiro atoms. The van der Waals surface area contributed by atoms with Crippen molar-refractivity contribution in [1.82, 2.24) is 5.32 Å². The molecule has 2 N–H and O–H groups in total. The van der Waals surface area contributed by atoms with E-state index in [1.165, 1.54) is 12.8 Å². The fourth-order valence-electron chi connectivity index (χ4n) is 2.07. The van der Waals surface area contributed by atoms with E-state index in [2.05, 4.69) is 5.32 Å². The number of carboxylic acid groups (broad SMARTS) is 1. The van der Waals surface area contributed by atoms with Crippen LogP contribution in [0.3, 0.4) is 0 Å². The van der Waals surface area contributed by atoms with E-state index in [1.807, 2.05) is 13.8 Å². The van der Waals surface area contributed by atoms with E-state index < -0.39 is 11.5 Å². The molecule has 0 aliphatic heterocycles. The Morgan fingerprint density at radius 1 is 1.47 bits per heavy atom. The molecule has 0 aromatic carbocycles. The molecule has 0 bridgehead atoms. The van der Waals surface area contributed by atoms with Crippen molar-refractivity contribution in [3.8, 4) is 0 Å². The maximum Gasteiger partial charge on any atom is 0.323 e. The van der Waals surface area contributed by atoms with Crippen molar-refractivity contribution >= 4 is 5.97 Å². The number of aliphatic carboxylic acids is 1. The third-order valence-electron chi connectivity index (χ3n) is 3.47. The van der Waals surface area contributed by atoms with Crippen molar-refractivity contribution in [2.75, 3.05) is 19.8 Å². The van der Waals surface area contributed by atoms with Crippen molar-refractivity contribution < 1.29 is 14.6 Å². The van der Waals surface area contributed by atoms with Crippen LogP contribution in [0.4, 0.5) is 0 Å². The zero-order chi connectivity index (χ0) is 12.7. The number of hydrogen-bond acceptors (Lipinski definition) is 3. The number of likely N-dealkylation sites (N-methyl/N-ethyl adjacent to an activating group) is 1. The monoisotopic (exact) mass is 243 g/mol. The lowest BCUT2D eigenvalue weighted by Crippen LogP contribution is -2.51. The summed E-state index contributed by atoms with van der Waals surface area (Å²) < 4.78 is 5.53. The van der Waals surface area contributed by atoms with E-state index >= 15 is 0 Å². The summed E-state index contributed by atoms with van der Waals surface area (Å²) in [6.45, 7) is 6.08. The van der Waals surface area contributed by atoms with Crippen molar-refractivity contribution in [3.63, 3.8) is 0 Å². The summed E-state index contributed by atoms with van der Waals surface area (Å²) in [5.41, 5.74) is -0.766. The molecule has 4 heteroatoms. The SMILES string of the molecule is CCNC(CC)(CCCOCC1CC1)C(=O)O. The largest absolute Gasteiger partial charge is 0.480 e. The van der Waals surface area contributed by atoms with Crippen LogP contribution in [-0.2, 0) is 9.53 Å². The molecule has 1 atom stereocenters. The number of carboxylic acids is 1. The van der Waals surface area contributed by atoms with Crippen molar-refractivity contribution in [2.45, 2.75) is 51.5 Å². The van der Waals surface area contributed by atoms with Gasteiger partial charge in [0.1, 0.15) is 5.54 Å². The zero-order valence-electron chi connectivity index (χ0n) is 11.0. The van der Waals surface area contributed by atoms with Gasteiger partial charge in [-0.05, 0) is 44.6 Å². The van der Waals surface area contributed by atoms with Crippen LogP contribution < -0.4 is 5.32 Å². The lowest BCUT2D eigenvalue weighted by molar-refractivity contribution is -0.145. The summed E-state index contributed by atoms with van der Waals surface area (Å²) >= 11 is 0. The number of carbonyl (C=O) groups is 1. The Labute approximate surface area is 104 Å². The number of hydrogen-bond donors (Lipinski definition) is 2. The predicted octanol–water partition coefficient (Wildman–Crippen LogP) is 2.04. The smallest absolute Gasteiger partial charge is 0.323 e. The van der Waals surface area contributed by atoms with Gasteiger partial charge in [-0.15, -0.1) is 0 Å². The number of rotatable bonds is 10. The highest BCUT2D eigenvalue weighted by atomic mass is 16.5. The second-order valence-electron chi connectivity index (χ2n) is 4.89. The van der Waals surface area contributed by atoms with Gasteiger partial charge in [-0.1, -0.05) is 13.8 Å². The van der Waals surface area contributed by atoms with E-state index in [0.29, 0.717) is 26.0 Å². The van der Waals surface area contributed by atoms with Crippen molar-refractivity contribution in [2.24, 2.45) is 5.92 Å². The quantitative estimate of drug-likeness (QED) is 0.576. The van der Waals surface area contributed by atoms with Crippen LogP contribution in [0.5, 0.6) is 0 Å². The normalized spacial score (nSPS) is 18.9. The number of nitrogens with one attached hydrogen (secondary N) is 1. The molecule has 4 nitrogen and oxygen atoms in total. The van der Waals surface area contributed by atoms with Gasteiger partial charge in [0.05, 0.1) is 0 Å². The lowest BCUT2D eigenvalue weighted by Gasteiger charge is -2.29. The number of ether oxygens (including phenoxy) is 1. The first kappa shape index (κ1) is 14.5. The zero-order valence-corrected chi connectivity index (χ0v) is 11.0. The average molecular weight is 243 g/mol. The minimum absolute atomic E-state index is 0.610. The van der Waals surface area contributed by atoms with E-state index in [1.54, 1.807) is 0 Å². The topological polar surface area (TPSA) is 58.6 Å². The molecule has 1 aliphatic rings.